The number of aromatic nitrogens is 4. The number of nitrogens with two attached hydrogens (primary N) is 4. The van der Waals surface area contributed by atoms with E-state index in [-0.39, 0.29) is 67.0 Å². The first-order valence-electron chi connectivity index (χ1n) is 21.7. The summed E-state index contributed by atoms with van der Waals surface area (Å²) in [5.41, 5.74) is 26.5. The number of aryl methyl sites for hydroxylation is 2. The molecule has 0 aliphatic carbocycles. The number of hydrogen-bond acceptors (Lipinski definition) is 17. The molecule has 21 nitrogen and oxygen atoms in total. The Morgan fingerprint density at radius 1 is 0.754 bits per heavy atom. The summed E-state index contributed by atoms with van der Waals surface area (Å²) >= 11 is 0. The Morgan fingerprint density at radius 3 is 2.08 bits per heavy atom. The van der Waals surface area contributed by atoms with Crippen molar-refractivity contribution in [3.8, 4) is 16.9 Å². The van der Waals surface area contributed by atoms with Crippen LogP contribution in [0.5, 0.6) is 0 Å². The Morgan fingerprint density at radius 2 is 1.43 bits per heavy atom. The lowest BCUT2D eigenvalue weighted by atomic mass is 9.99. The monoisotopic (exact) mass is 904 g/mol. The van der Waals surface area contributed by atoms with Gasteiger partial charge in [-0.3, -0.25) is 19.9 Å². The zero-order valence-corrected chi connectivity index (χ0v) is 36.5. The van der Waals surface area contributed by atoms with E-state index in [9.17, 15) is 34.8 Å². The smallest absolute Gasteiger partial charge is 0.355 e. The van der Waals surface area contributed by atoms with Gasteiger partial charge >= 0.3 is 5.69 Å². The second-order valence-electron chi connectivity index (χ2n) is 15.7. The lowest BCUT2D eigenvalue weighted by molar-refractivity contribution is -0.121. The van der Waals surface area contributed by atoms with Crippen LogP contribution in [-0.4, -0.2) is 143 Å². The van der Waals surface area contributed by atoms with Gasteiger partial charge in [0, 0.05) is 52.0 Å². The Balaban J connectivity index is 1.16. The van der Waals surface area contributed by atoms with Crippen LogP contribution in [0, 0.1) is 0 Å². The third-order valence-electron chi connectivity index (χ3n) is 10.6. The molecule has 2 aromatic heterocycles. The van der Waals surface area contributed by atoms with Crippen molar-refractivity contribution in [3.63, 3.8) is 0 Å². The average molecular weight is 905 g/mol. The van der Waals surface area contributed by atoms with Gasteiger partial charge in [0.15, 0.2) is 29.1 Å². The Labute approximate surface area is 377 Å². The second-order valence-corrected chi connectivity index (χ2v) is 15.7. The number of aliphatic hydroxyl groups is 6. The fourth-order valence-electron chi connectivity index (χ4n) is 6.86. The molecule has 354 valence electrons. The van der Waals surface area contributed by atoms with Crippen molar-refractivity contribution in [2.75, 3.05) is 63.1 Å². The summed E-state index contributed by atoms with van der Waals surface area (Å²) in [4.78, 5) is 55.6. The van der Waals surface area contributed by atoms with Gasteiger partial charge in [0.25, 0.3) is 5.91 Å². The topological polar surface area (TPSA) is 360 Å². The molecular formula is C44H64N12O9. The molecule has 0 spiro atoms. The maximum atomic E-state index is 12.9. The molecule has 21 heteroatoms. The molecule has 4 rings (SSSR count). The summed E-state index contributed by atoms with van der Waals surface area (Å²) < 4.78 is 0.982. The minimum Gasteiger partial charge on any atom is -0.396 e. The van der Waals surface area contributed by atoms with Gasteiger partial charge in [-0.15, -0.1) is 0 Å². The van der Waals surface area contributed by atoms with E-state index in [1.54, 1.807) is 0 Å². The number of amides is 2. The zero-order chi connectivity index (χ0) is 47.3. The van der Waals surface area contributed by atoms with E-state index >= 15 is 0 Å². The summed E-state index contributed by atoms with van der Waals surface area (Å²) in [6.45, 7) is 1.30. The molecule has 0 aliphatic heterocycles. The molecular weight excluding hydrogens is 841 g/mol. The van der Waals surface area contributed by atoms with Crippen LogP contribution in [0.3, 0.4) is 0 Å². The van der Waals surface area contributed by atoms with E-state index in [0.29, 0.717) is 71.1 Å². The molecule has 4 aromatic rings. The van der Waals surface area contributed by atoms with Crippen molar-refractivity contribution in [1.82, 2.24) is 35.1 Å². The zero-order valence-electron chi connectivity index (χ0n) is 36.5. The van der Waals surface area contributed by atoms with Gasteiger partial charge in [-0.25, -0.2) is 19.3 Å². The Hall–Kier alpha value is -6.07. The first-order chi connectivity index (χ1) is 31.2. The lowest BCUT2D eigenvalue weighted by Crippen LogP contribution is -2.46. The first-order valence-corrected chi connectivity index (χ1v) is 21.7. The fraction of sp³-hybridized carbons (Fsp3) is 0.477. The van der Waals surface area contributed by atoms with Crippen LogP contribution in [0.2, 0.25) is 0 Å². The minimum atomic E-state index is -1.44. The molecule has 16 N–H and O–H groups in total. The standard InChI is InChI=1S/C44H64N12O9/c45-35-18-24-56(44(65)51-35)41-40(47)53-39(46)37(52-41)42(64)54-43(48)50-20-2-1-5-28-7-12-30(13-8-28)31-14-9-29(10-15-31)11-16-36(62)49-21-4-22-55(23-17-32(59)6-3-25-57)27-34(61)38(63)33(60)19-26-58/h7-10,12-15,18,24,32-34,38,57-61,63H,1-6,11,16-17,19-23,25-27H2,(H,49,62)(H2,45,51,65)(H4,46,47,53)(H3,48,50,54,64). The van der Waals surface area contributed by atoms with Gasteiger partial charge in [0.2, 0.25) is 5.91 Å². The predicted molar refractivity (Wildman–Crippen MR) is 246 cm³/mol. The van der Waals surface area contributed by atoms with Crippen molar-refractivity contribution in [2.45, 2.75) is 88.6 Å². The maximum Gasteiger partial charge on any atom is 0.355 e. The molecule has 4 unspecified atom stereocenters. The third-order valence-corrected chi connectivity index (χ3v) is 10.6. The van der Waals surface area contributed by atoms with Gasteiger partial charge in [-0.1, -0.05) is 48.5 Å². The molecule has 0 radical (unpaired) electrons. The predicted octanol–water partition coefficient (Wildman–Crippen LogP) is -0.767. The molecule has 2 heterocycles. The van der Waals surface area contributed by atoms with Crippen LogP contribution in [0.15, 0.2) is 70.6 Å². The van der Waals surface area contributed by atoms with E-state index in [1.165, 1.54) is 12.3 Å². The Bertz CT molecular complexity index is 2190. The minimum absolute atomic E-state index is 0.000717. The highest BCUT2D eigenvalue weighted by molar-refractivity contribution is 6.06. The van der Waals surface area contributed by atoms with Crippen molar-refractivity contribution in [2.24, 2.45) is 10.7 Å². The fourth-order valence-corrected chi connectivity index (χ4v) is 6.86. The van der Waals surface area contributed by atoms with E-state index in [4.69, 9.17) is 33.1 Å². The van der Waals surface area contributed by atoms with Crippen LogP contribution in [0.25, 0.3) is 16.9 Å². The number of aliphatic hydroxyl groups excluding tert-OH is 6. The molecule has 2 amide bonds. The molecule has 0 bridgehead atoms. The summed E-state index contributed by atoms with van der Waals surface area (Å²) in [7, 11) is 0. The normalized spacial score (nSPS) is 13.6. The molecule has 65 heavy (non-hydrogen) atoms. The summed E-state index contributed by atoms with van der Waals surface area (Å²) in [5.74, 6) is -1.63. The van der Waals surface area contributed by atoms with E-state index in [2.05, 4.69) is 54.8 Å². The highest BCUT2D eigenvalue weighted by Crippen LogP contribution is 2.22. The van der Waals surface area contributed by atoms with E-state index < -0.39 is 36.0 Å². The lowest BCUT2D eigenvalue weighted by Gasteiger charge is -2.29. The SMILES string of the molecule is NC(=NCCCCc1ccc(-c2ccc(CCC(=O)NCCCN(CCC(O)CCCO)CC(O)C(O)C(O)CCO)cc2)cc1)NC(=O)c1nc(-n2ccc(N)nc2=O)c(N)nc1N. The average Bonchev–Trinajstić information content (AvgIpc) is 3.28. The number of anilines is 3. The number of carbonyl (C=O) groups excluding carboxylic acids is 2. The molecule has 0 aliphatic rings. The van der Waals surface area contributed by atoms with Crippen LogP contribution in [0.4, 0.5) is 17.5 Å². The number of unbranched alkanes of at least 4 members (excludes halogenated alkanes) is 1. The summed E-state index contributed by atoms with van der Waals surface area (Å²) in [6.07, 6.45) is 1.64. The highest BCUT2D eigenvalue weighted by atomic mass is 16.4. The highest BCUT2D eigenvalue weighted by Gasteiger charge is 2.26. The third kappa shape index (κ3) is 17.1. The van der Waals surface area contributed by atoms with Crippen LogP contribution < -0.4 is 39.3 Å². The summed E-state index contributed by atoms with van der Waals surface area (Å²) in [5, 5.41) is 64.5. The molecule has 2 aromatic carbocycles. The van der Waals surface area contributed by atoms with Crippen molar-refractivity contribution < 1.29 is 40.2 Å². The van der Waals surface area contributed by atoms with Gasteiger partial charge in [-0.05, 0) is 92.7 Å². The number of aliphatic imine (C=N–C) groups is 1. The first kappa shape index (κ1) is 51.6. The van der Waals surface area contributed by atoms with Gasteiger partial charge in [0.1, 0.15) is 11.9 Å². The van der Waals surface area contributed by atoms with Gasteiger partial charge in [0.05, 0.1) is 18.3 Å². The van der Waals surface area contributed by atoms with Gasteiger partial charge in [-0.2, -0.15) is 4.98 Å². The number of nitrogens with zero attached hydrogens (tertiary/aromatic N) is 6. The van der Waals surface area contributed by atoms with Crippen molar-refractivity contribution in [1.29, 1.82) is 0 Å². The van der Waals surface area contributed by atoms with Crippen LogP contribution in [-0.2, 0) is 17.6 Å². The second kappa shape index (κ2) is 26.7. The number of benzene rings is 2. The maximum absolute atomic E-state index is 12.9. The Kier molecular flexibility index (Phi) is 21.1. The number of hydrogen-bond donors (Lipinski definition) is 12. The van der Waals surface area contributed by atoms with E-state index in [1.807, 2.05) is 29.2 Å². The number of rotatable bonds is 27. The van der Waals surface area contributed by atoms with Crippen molar-refractivity contribution in [3.05, 3.63) is 88.1 Å². The van der Waals surface area contributed by atoms with E-state index in [0.717, 1.165) is 39.7 Å². The van der Waals surface area contributed by atoms with Crippen LogP contribution in [0.1, 0.15) is 73.0 Å². The summed E-state index contributed by atoms with van der Waals surface area (Å²) in [6, 6.07) is 17.7. The molecule has 0 saturated carbocycles. The largest absolute Gasteiger partial charge is 0.396 e. The number of guanidine groups is 1. The number of carbonyl (C=O) groups is 2. The number of nitrogen functional groups attached to an aromatic ring is 3. The molecule has 4 atom stereocenters. The van der Waals surface area contributed by atoms with Crippen molar-refractivity contribution >= 4 is 35.2 Å². The molecule has 0 saturated heterocycles. The van der Waals surface area contributed by atoms with Gasteiger partial charge < -0.3 is 63.8 Å². The molecule has 0 fully saturated rings. The van der Waals surface area contributed by atoms with Crippen LogP contribution >= 0.6 is 0 Å². The quantitative estimate of drug-likeness (QED) is 0.0199. The number of nitrogens with one attached hydrogen (secondary N) is 2.